The number of aromatic nitrogens is 3. The van der Waals surface area contributed by atoms with Gasteiger partial charge in [-0.05, 0) is 36.2 Å². The predicted molar refractivity (Wildman–Crippen MR) is 95.2 cm³/mol. The van der Waals surface area contributed by atoms with E-state index < -0.39 is 11.9 Å². The van der Waals surface area contributed by atoms with Gasteiger partial charge in [0.2, 0.25) is 0 Å². The van der Waals surface area contributed by atoms with Gasteiger partial charge in [0.1, 0.15) is 17.0 Å². The fourth-order valence-electron chi connectivity index (χ4n) is 3.27. The average molecular weight is 381 g/mol. The number of alkyl halides is 3. The molecule has 2 aromatic heterocycles. The number of halogens is 4. The normalized spacial score (nSPS) is 14.1. The Morgan fingerprint density at radius 1 is 1.19 bits per heavy atom. The van der Waals surface area contributed by atoms with Crippen molar-refractivity contribution in [3.8, 4) is 5.69 Å². The Labute approximate surface area is 153 Å². The summed E-state index contributed by atoms with van der Waals surface area (Å²) in [7, 11) is 0. The Kier molecular flexibility index (Phi) is 3.87. The highest BCUT2D eigenvalue weighted by Gasteiger charge is 2.33. The van der Waals surface area contributed by atoms with Crippen molar-refractivity contribution in [2.75, 3.05) is 11.9 Å². The van der Waals surface area contributed by atoms with Gasteiger partial charge in [0.25, 0.3) is 0 Å². The molecule has 0 amide bonds. The molecule has 0 spiro atoms. The molecule has 0 fully saturated rings. The largest absolute Gasteiger partial charge is 0.433 e. The first-order valence-electron chi connectivity index (χ1n) is 8.29. The molecule has 0 bridgehead atoms. The van der Waals surface area contributed by atoms with E-state index in [1.54, 1.807) is 10.6 Å². The van der Waals surface area contributed by atoms with Gasteiger partial charge in [-0.3, -0.25) is 4.57 Å². The van der Waals surface area contributed by atoms with Gasteiger partial charge in [-0.15, -0.1) is 0 Å². The van der Waals surface area contributed by atoms with Crippen LogP contribution in [0.2, 0.25) is 5.02 Å². The van der Waals surface area contributed by atoms with E-state index in [1.165, 1.54) is 6.07 Å². The smallest absolute Gasteiger partial charge is 0.383 e. The Balaban J connectivity index is 2.01. The zero-order chi connectivity index (χ0) is 18.6. The molecule has 1 aliphatic heterocycles. The summed E-state index contributed by atoms with van der Waals surface area (Å²) in [5.74, 6) is 0.650. The van der Waals surface area contributed by atoms with E-state index in [-0.39, 0.29) is 11.6 Å². The van der Waals surface area contributed by atoms with Crippen LogP contribution in [-0.2, 0) is 12.6 Å². The standard InChI is InChI=1S/C18H16ClF3N4/c1-9(2)16-24-13-3-4-14(18(20,21)22)25-17(13)26(16)11-7-10-5-6-23-15(10)12(19)8-11/h3-4,7-9,23H,5-6H2,1-2H3. The number of nitrogens with one attached hydrogen (secondary N) is 1. The molecule has 26 heavy (non-hydrogen) atoms. The first kappa shape index (κ1) is 17.1. The van der Waals surface area contributed by atoms with Gasteiger partial charge in [0.05, 0.1) is 16.4 Å². The van der Waals surface area contributed by atoms with Gasteiger partial charge in [-0.2, -0.15) is 13.2 Å². The molecule has 0 unspecified atom stereocenters. The molecule has 1 aliphatic rings. The molecule has 1 N–H and O–H groups in total. The maximum Gasteiger partial charge on any atom is 0.433 e. The molecule has 0 atom stereocenters. The molecule has 0 radical (unpaired) electrons. The van der Waals surface area contributed by atoms with Crippen LogP contribution < -0.4 is 5.32 Å². The monoisotopic (exact) mass is 380 g/mol. The lowest BCUT2D eigenvalue weighted by atomic mass is 10.1. The van der Waals surface area contributed by atoms with E-state index in [0.29, 0.717) is 22.1 Å². The van der Waals surface area contributed by atoms with Crippen LogP contribution in [0.3, 0.4) is 0 Å². The molecule has 3 heterocycles. The van der Waals surface area contributed by atoms with E-state index in [0.717, 1.165) is 30.3 Å². The minimum atomic E-state index is -4.51. The summed E-state index contributed by atoms with van der Waals surface area (Å²) in [5.41, 5.74) is 2.28. The Morgan fingerprint density at radius 3 is 2.65 bits per heavy atom. The van der Waals surface area contributed by atoms with Crippen LogP contribution in [0.1, 0.15) is 36.8 Å². The van der Waals surface area contributed by atoms with Crippen LogP contribution >= 0.6 is 11.6 Å². The minimum absolute atomic E-state index is 0.00342. The van der Waals surface area contributed by atoms with Crippen LogP contribution in [0.15, 0.2) is 24.3 Å². The van der Waals surface area contributed by atoms with Crippen molar-refractivity contribution >= 4 is 28.5 Å². The molecule has 136 valence electrons. The van der Waals surface area contributed by atoms with Gasteiger partial charge in [-0.1, -0.05) is 25.4 Å². The number of imidazole rings is 1. The average Bonchev–Trinajstić information content (AvgIpc) is 3.17. The van der Waals surface area contributed by atoms with Gasteiger partial charge in [0, 0.05) is 12.5 Å². The highest BCUT2D eigenvalue weighted by molar-refractivity contribution is 6.33. The number of nitrogens with zero attached hydrogens (tertiary/aromatic N) is 3. The molecule has 0 saturated heterocycles. The van der Waals surface area contributed by atoms with E-state index >= 15 is 0 Å². The maximum absolute atomic E-state index is 13.1. The molecular weight excluding hydrogens is 365 g/mol. The van der Waals surface area contributed by atoms with Crippen LogP contribution in [0.4, 0.5) is 18.9 Å². The number of pyridine rings is 1. The summed E-state index contributed by atoms with van der Waals surface area (Å²) in [6.45, 7) is 4.68. The number of rotatable bonds is 2. The highest BCUT2D eigenvalue weighted by atomic mass is 35.5. The molecule has 4 nitrogen and oxygen atoms in total. The third-order valence-corrected chi connectivity index (χ3v) is 4.75. The molecule has 4 rings (SSSR count). The van der Waals surface area contributed by atoms with E-state index in [1.807, 2.05) is 19.9 Å². The quantitative estimate of drug-likeness (QED) is 0.665. The molecule has 0 saturated carbocycles. The summed E-state index contributed by atoms with van der Waals surface area (Å²) < 4.78 is 41.1. The van der Waals surface area contributed by atoms with Crippen molar-refractivity contribution < 1.29 is 13.2 Å². The van der Waals surface area contributed by atoms with Gasteiger partial charge >= 0.3 is 6.18 Å². The van der Waals surface area contributed by atoms with Crippen molar-refractivity contribution in [2.45, 2.75) is 32.4 Å². The first-order valence-corrected chi connectivity index (χ1v) is 8.67. The lowest BCUT2D eigenvalue weighted by Gasteiger charge is -2.14. The predicted octanol–water partition coefficient (Wildman–Crippen LogP) is 5.18. The van der Waals surface area contributed by atoms with Crippen molar-refractivity contribution in [2.24, 2.45) is 0 Å². The topological polar surface area (TPSA) is 42.7 Å². The Hall–Kier alpha value is -2.28. The number of anilines is 1. The van der Waals surface area contributed by atoms with E-state index in [4.69, 9.17) is 11.6 Å². The number of hydrogen-bond donors (Lipinski definition) is 1. The lowest BCUT2D eigenvalue weighted by Crippen LogP contribution is -2.09. The van der Waals surface area contributed by atoms with Crippen molar-refractivity contribution in [1.82, 2.24) is 14.5 Å². The Morgan fingerprint density at radius 2 is 1.96 bits per heavy atom. The number of benzene rings is 1. The summed E-state index contributed by atoms with van der Waals surface area (Å²) >= 11 is 6.38. The van der Waals surface area contributed by atoms with Gasteiger partial charge in [-0.25, -0.2) is 9.97 Å². The summed E-state index contributed by atoms with van der Waals surface area (Å²) in [6, 6.07) is 6.01. The fourth-order valence-corrected chi connectivity index (χ4v) is 3.57. The number of hydrogen-bond acceptors (Lipinski definition) is 3. The number of fused-ring (bicyclic) bond motifs is 2. The second-order valence-corrected chi connectivity index (χ2v) is 7.04. The van der Waals surface area contributed by atoms with Crippen LogP contribution in [-0.4, -0.2) is 21.1 Å². The zero-order valence-corrected chi connectivity index (χ0v) is 14.9. The molecule has 0 aliphatic carbocycles. The second kappa shape index (κ2) is 5.87. The van der Waals surface area contributed by atoms with Crippen molar-refractivity contribution in [1.29, 1.82) is 0 Å². The zero-order valence-electron chi connectivity index (χ0n) is 14.2. The first-order chi connectivity index (χ1) is 12.3. The molecule has 8 heteroatoms. The summed E-state index contributed by atoms with van der Waals surface area (Å²) in [4.78, 5) is 8.38. The highest BCUT2D eigenvalue weighted by Crippen LogP contribution is 2.36. The second-order valence-electron chi connectivity index (χ2n) is 6.64. The SMILES string of the molecule is CC(C)c1nc2ccc(C(F)(F)F)nc2n1-c1cc(Cl)c2c(c1)CCN2. The summed E-state index contributed by atoms with van der Waals surface area (Å²) in [6.07, 6.45) is -3.70. The van der Waals surface area contributed by atoms with Gasteiger partial charge < -0.3 is 5.32 Å². The summed E-state index contributed by atoms with van der Waals surface area (Å²) in [5, 5.41) is 3.76. The van der Waals surface area contributed by atoms with Crippen LogP contribution in [0.25, 0.3) is 16.9 Å². The third-order valence-electron chi connectivity index (χ3n) is 4.45. The fraction of sp³-hybridized carbons (Fsp3) is 0.333. The van der Waals surface area contributed by atoms with Crippen LogP contribution in [0, 0.1) is 0 Å². The van der Waals surface area contributed by atoms with Crippen molar-refractivity contribution in [3.05, 3.63) is 46.4 Å². The van der Waals surface area contributed by atoms with Crippen LogP contribution in [0.5, 0.6) is 0 Å². The Bertz CT molecular complexity index is 1010. The molecule has 3 aromatic rings. The van der Waals surface area contributed by atoms with E-state index in [9.17, 15) is 13.2 Å². The maximum atomic E-state index is 13.1. The minimum Gasteiger partial charge on any atom is -0.383 e. The van der Waals surface area contributed by atoms with E-state index in [2.05, 4.69) is 15.3 Å². The molecule has 1 aromatic carbocycles. The lowest BCUT2D eigenvalue weighted by molar-refractivity contribution is -0.141. The molecular formula is C18H16ClF3N4. The van der Waals surface area contributed by atoms with Gasteiger partial charge in [0.15, 0.2) is 5.65 Å². The van der Waals surface area contributed by atoms with Crippen molar-refractivity contribution in [3.63, 3.8) is 0 Å². The third kappa shape index (κ3) is 2.70.